The van der Waals surface area contributed by atoms with E-state index in [4.69, 9.17) is 9.47 Å². The summed E-state index contributed by atoms with van der Waals surface area (Å²) < 4.78 is 11.2. The number of thiophene rings is 1. The minimum atomic E-state index is -0.465. The Labute approximate surface area is 206 Å². The number of ether oxygens (including phenoxy) is 2. The first-order chi connectivity index (χ1) is 16.4. The van der Waals surface area contributed by atoms with Gasteiger partial charge in [-0.05, 0) is 56.5 Å². The standard InChI is InChI=1S/C27H37NO5S/c1-4-5-6-7-8-24(29)20-9-11-21(12-10-20)28-22(13-16-26(28)30)17-32-18-23-14-15-25(34-23)27(31)33-19(2)3/h9-12,14-15,19,22,24,29H,4-8,13,16-18H2,1-3H3/t22-,24?/m0/s1. The molecule has 2 heterocycles. The molecule has 6 nitrogen and oxygen atoms in total. The van der Waals surface area contributed by atoms with Crippen LogP contribution >= 0.6 is 11.3 Å². The summed E-state index contributed by atoms with van der Waals surface area (Å²) in [6.07, 6.45) is 5.94. The molecule has 0 aliphatic carbocycles. The first-order valence-electron chi connectivity index (χ1n) is 12.4. The summed E-state index contributed by atoms with van der Waals surface area (Å²) in [5.74, 6) is -0.218. The molecule has 1 aliphatic rings. The monoisotopic (exact) mass is 487 g/mol. The highest BCUT2D eigenvalue weighted by Gasteiger charge is 2.32. The number of unbranched alkanes of at least 4 members (excludes halogenated alkanes) is 3. The molecule has 1 unspecified atom stereocenters. The van der Waals surface area contributed by atoms with Crippen LogP contribution in [0.4, 0.5) is 5.69 Å². The Morgan fingerprint density at radius 3 is 2.62 bits per heavy atom. The summed E-state index contributed by atoms with van der Waals surface area (Å²) >= 11 is 1.37. The molecule has 1 fully saturated rings. The predicted molar refractivity (Wildman–Crippen MR) is 135 cm³/mol. The van der Waals surface area contributed by atoms with Crippen molar-refractivity contribution < 1.29 is 24.2 Å². The number of hydrogen-bond donors (Lipinski definition) is 1. The Bertz CT molecular complexity index is 923. The zero-order valence-electron chi connectivity index (χ0n) is 20.5. The van der Waals surface area contributed by atoms with E-state index in [0.29, 0.717) is 24.5 Å². The average molecular weight is 488 g/mol. The van der Waals surface area contributed by atoms with Gasteiger partial charge in [0.1, 0.15) is 4.88 Å². The van der Waals surface area contributed by atoms with Crippen molar-refractivity contribution in [3.63, 3.8) is 0 Å². The third-order valence-corrected chi connectivity index (χ3v) is 7.01. The van der Waals surface area contributed by atoms with Gasteiger partial charge >= 0.3 is 5.97 Å². The minimum absolute atomic E-state index is 0.0253. The molecule has 1 saturated heterocycles. The van der Waals surface area contributed by atoms with E-state index in [1.807, 2.05) is 49.1 Å². The molecular formula is C27H37NO5S. The molecular weight excluding hydrogens is 450 g/mol. The highest BCUT2D eigenvalue weighted by molar-refractivity contribution is 7.13. The molecule has 1 aliphatic heterocycles. The summed E-state index contributed by atoms with van der Waals surface area (Å²) in [5.41, 5.74) is 1.73. The molecule has 1 N–H and O–H groups in total. The van der Waals surface area contributed by atoms with E-state index in [-0.39, 0.29) is 24.0 Å². The number of esters is 1. The zero-order valence-corrected chi connectivity index (χ0v) is 21.3. The number of rotatable bonds is 13. The van der Waals surface area contributed by atoms with Gasteiger partial charge in [0.25, 0.3) is 0 Å². The Balaban J connectivity index is 1.52. The highest BCUT2D eigenvalue weighted by Crippen LogP contribution is 2.29. The molecule has 34 heavy (non-hydrogen) atoms. The fraction of sp³-hybridized carbons (Fsp3) is 0.556. The quantitative estimate of drug-likeness (QED) is 0.276. The van der Waals surface area contributed by atoms with Crippen LogP contribution in [0.2, 0.25) is 0 Å². The first-order valence-corrected chi connectivity index (χ1v) is 13.2. The zero-order chi connectivity index (χ0) is 24.5. The Morgan fingerprint density at radius 1 is 1.15 bits per heavy atom. The maximum Gasteiger partial charge on any atom is 0.348 e. The van der Waals surface area contributed by atoms with Crippen molar-refractivity contribution in [3.8, 4) is 0 Å². The first kappa shape index (κ1) is 26.4. The number of nitrogens with zero attached hydrogens (tertiary/aromatic N) is 1. The molecule has 2 atom stereocenters. The van der Waals surface area contributed by atoms with Gasteiger partial charge in [-0.15, -0.1) is 11.3 Å². The van der Waals surface area contributed by atoms with Crippen LogP contribution in [0.1, 0.15) is 91.9 Å². The molecule has 3 rings (SSSR count). The third kappa shape index (κ3) is 7.39. The SMILES string of the molecule is CCCCCCC(O)c1ccc(N2C(=O)CC[C@H]2COCc2ccc(C(=O)OC(C)C)s2)cc1. The Kier molecular flexibility index (Phi) is 10.1. The van der Waals surface area contributed by atoms with Crippen LogP contribution in [0.25, 0.3) is 0 Å². The number of carbonyl (C=O) groups is 2. The lowest BCUT2D eigenvalue weighted by atomic mass is 10.0. The van der Waals surface area contributed by atoms with Crippen LogP contribution < -0.4 is 4.90 Å². The van der Waals surface area contributed by atoms with Crippen molar-refractivity contribution in [2.24, 2.45) is 0 Å². The van der Waals surface area contributed by atoms with Gasteiger partial charge in [-0.1, -0.05) is 44.7 Å². The van der Waals surface area contributed by atoms with E-state index in [0.717, 1.165) is 41.8 Å². The van der Waals surface area contributed by atoms with Gasteiger partial charge in [-0.25, -0.2) is 4.79 Å². The molecule has 0 bridgehead atoms. The minimum Gasteiger partial charge on any atom is -0.459 e. The lowest BCUT2D eigenvalue weighted by Gasteiger charge is -2.25. The molecule has 186 valence electrons. The number of aliphatic hydroxyl groups is 1. The van der Waals surface area contributed by atoms with Crippen molar-refractivity contribution >= 4 is 28.9 Å². The van der Waals surface area contributed by atoms with Crippen LogP contribution in [-0.4, -0.2) is 35.7 Å². The van der Waals surface area contributed by atoms with E-state index < -0.39 is 6.10 Å². The normalized spacial score (nSPS) is 16.9. The smallest absolute Gasteiger partial charge is 0.348 e. The predicted octanol–water partition coefficient (Wildman–Crippen LogP) is 6.03. The van der Waals surface area contributed by atoms with Crippen LogP contribution in [0.5, 0.6) is 0 Å². The van der Waals surface area contributed by atoms with Crippen molar-refractivity contribution in [2.45, 2.75) is 90.6 Å². The topological polar surface area (TPSA) is 76.1 Å². The highest BCUT2D eigenvalue weighted by atomic mass is 32.1. The van der Waals surface area contributed by atoms with Crippen LogP contribution in [-0.2, 0) is 20.9 Å². The number of hydrogen-bond acceptors (Lipinski definition) is 6. The second-order valence-electron chi connectivity index (χ2n) is 9.15. The van der Waals surface area contributed by atoms with Gasteiger partial charge in [0.2, 0.25) is 5.91 Å². The Morgan fingerprint density at radius 2 is 1.91 bits per heavy atom. The van der Waals surface area contributed by atoms with E-state index in [2.05, 4.69) is 6.92 Å². The summed E-state index contributed by atoms with van der Waals surface area (Å²) in [5, 5.41) is 10.5. The maximum atomic E-state index is 12.6. The van der Waals surface area contributed by atoms with Crippen molar-refractivity contribution in [3.05, 3.63) is 51.7 Å². The number of carbonyl (C=O) groups excluding carboxylic acids is 2. The third-order valence-electron chi connectivity index (χ3n) is 5.97. The molecule has 2 aromatic rings. The van der Waals surface area contributed by atoms with Gasteiger partial charge in [0.15, 0.2) is 0 Å². The lowest BCUT2D eigenvalue weighted by Crippen LogP contribution is -2.36. The molecule has 0 spiro atoms. The second-order valence-corrected chi connectivity index (χ2v) is 10.3. The van der Waals surface area contributed by atoms with E-state index in [9.17, 15) is 14.7 Å². The van der Waals surface area contributed by atoms with Crippen molar-refractivity contribution in [2.75, 3.05) is 11.5 Å². The number of amides is 1. The Hall–Kier alpha value is -2.22. The number of anilines is 1. The van der Waals surface area contributed by atoms with E-state index >= 15 is 0 Å². The average Bonchev–Trinajstić information content (AvgIpc) is 3.43. The van der Waals surface area contributed by atoms with Gasteiger partial charge in [0, 0.05) is 17.0 Å². The summed E-state index contributed by atoms with van der Waals surface area (Å²) in [7, 11) is 0. The van der Waals surface area contributed by atoms with Gasteiger partial charge in [0.05, 0.1) is 31.5 Å². The number of benzene rings is 1. The largest absolute Gasteiger partial charge is 0.459 e. The van der Waals surface area contributed by atoms with Crippen LogP contribution in [0.3, 0.4) is 0 Å². The molecule has 1 amide bonds. The van der Waals surface area contributed by atoms with E-state index in [1.165, 1.54) is 24.2 Å². The maximum absolute atomic E-state index is 12.6. The van der Waals surface area contributed by atoms with Crippen molar-refractivity contribution in [1.29, 1.82) is 0 Å². The molecule has 0 saturated carbocycles. The second kappa shape index (κ2) is 13.0. The fourth-order valence-electron chi connectivity index (χ4n) is 4.18. The molecule has 1 aromatic heterocycles. The number of aliphatic hydroxyl groups excluding tert-OH is 1. The fourth-order valence-corrected chi connectivity index (χ4v) is 5.01. The van der Waals surface area contributed by atoms with Crippen LogP contribution in [0, 0.1) is 0 Å². The summed E-state index contributed by atoms with van der Waals surface area (Å²) in [4.78, 5) is 27.9. The van der Waals surface area contributed by atoms with Crippen molar-refractivity contribution in [1.82, 2.24) is 0 Å². The molecule has 1 aromatic carbocycles. The van der Waals surface area contributed by atoms with Gasteiger partial charge < -0.3 is 19.5 Å². The summed E-state index contributed by atoms with van der Waals surface area (Å²) in [6.45, 7) is 6.65. The molecule has 7 heteroatoms. The lowest BCUT2D eigenvalue weighted by molar-refractivity contribution is -0.117. The summed E-state index contributed by atoms with van der Waals surface area (Å²) in [6, 6.07) is 11.3. The van der Waals surface area contributed by atoms with E-state index in [1.54, 1.807) is 6.07 Å². The van der Waals surface area contributed by atoms with Gasteiger partial charge in [-0.2, -0.15) is 0 Å². The van der Waals surface area contributed by atoms with Gasteiger partial charge in [-0.3, -0.25) is 4.79 Å². The molecule has 0 radical (unpaired) electrons. The van der Waals surface area contributed by atoms with Crippen LogP contribution in [0.15, 0.2) is 36.4 Å².